The average molecular weight is 534 g/mol. The van der Waals surface area contributed by atoms with Gasteiger partial charge in [-0.1, -0.05) is 40.9 Å². The second-order valence-electron chi connectivity index (χ2n) is 6.30. The van der Waals surface area contributed by atoms with Crippen LogP contribution in [0.2, 0.25) is 15.1 Å². The first kappa shape index (κ1) is 23.0. The molecule has 0 aromatic heterocycles. The molecule has 3 aromatic carbocycles. The van der Waals surface area contributed by atoms with Gasteiger partial charge in [0.25, 0.3) is 0 Å². The number of anilines is 1. The summed E-state index contributed by atoms with van der Waals surface area (Å²) in [5, 5.41) is 4.73. The molecule has 0 spiro atoms. The summed E-state index contributed by atoms with van der Waals surface area (Å²) in [6.45, 7) is 2.78. The van der Waals surface area contributed by atoms with Crippen molar-refractivity contribution < 1.29 is 13.9 Å². The lowest BCUT2D eigenvalue weighted by Crippen LogP contribution is -2.05. The average Bonchev–Trinajstić information content (AvgIpc) is 2.70. The smallest absolute Gasteiger partial charge is 0.175 e. The number of benzene rings is 3. The molecule has 0 fully saturated rings. The Labute approximate surface area is 198 Å². The zero-order valence-corrected chi connectivity index (χ0v) is 19.8. The number of ether oxygens (including phenoxy) is 2. The van der Waals surface area contributed by atoms with E-state index in [4.69, 9.17) is 44.3 Å². The van der Waals surface area contributed by atoms with Crippen molar-refractivity contribution in [2.24, 2.45) is 0 Å². The Morgan fingerprint density at radius 2 is 1.80 bits per heavy atom. The van der Waals surface area contributed by atoms with Crippen LogP contribution in [0.5, 0.6) is 11.5 Å². The Balaban J connectivity index is 1.80. The summed E-state index contributed by atoms with van der Waals surface area (Å²) in [4.78, 5) is 0. The summed E-state index contributed by atoms with van der Waals surface area (Å²) < 4.78 is 26.3. The zero-order valence-electron chi connectivity index (χ0n) is 15.9. The standard InChI is InChI=1S/C22H18BrCl3FNO2/c1-2-29-21-9-13(11-28-20-10-14(24)6-7-18(20)26)8-16(23)22(21)30-12-15-17(25)4-3-5-19(15)27/h3-10,28H,2,11-12H2,1H3. The number of halogens is 5. The third-order valence-corrected chi connectivity index (χ3v) is 5.71. The van der Waals surface area contributed by atoms with Crippen LogP contribution in [0.3, 0.4) is 0 Å². The topological polar surface area (TPSA) is 30.5 Å². The van der Waals surface area contributed by atoms with Gasteiger partial charge in [-0.3, -0.25) is 0 Å². The van der Waals surface area contributed by atoms with Crippen molar-refractivity contribution in [3.63, 3.8) is 0 Å². The highest BCUT2D eigenvalue weighted by molar-refractivity contribution is 9.10. The van der Waals surface area contributed by atoms with E-state index in [1.807, 2.05) is 19.1 Å². The molecule has 0 saturated heterocycles. The predicted molar refractivity (Wildman–Crippen MR) is 125 cm³/mol. The van der Waals surface area contributed by atoms with E-state index in [2.05, 4.69) is 21.2 Å². The van der Waals surface area contributed by atoms with Gasteiger partial charge in [-0.2, -0.15) is 0 Å². The van der Waals surface area contributed by atoms with Crippen LogP contribution in [-0.4, -0.2) is 6.61 Å². The van der Waals surface area contributed by atoms with Crippen LogP contribution in [0.25, 0.3) is 0 Å². The molecule has 0 saturated carbocycles. The molecule has 1 N–H and O–H groups in total. The van der Waals surface area contributed by atoms with Crippen molar-refractivity contribution in [2.75, 3.05) is 11.9 Å². The van der Waals surface area contributed by atoms with Crippen LogP contribution in [-0.2, 0) is 13.2 Å². The van der Waals surface area contributed by atoms with Gasteiger partial charge in [0, 0.05) is 17.1 Å². The van der Waals surface area contributed by atoms with E-state index in [1.165, 1.54) is 6.07 Å². The lowest BCUT2D eigenvalue weighted by molar-refractivity contribution is 0.264. The van der Waals surface area contributed by atoms with Crippen molar-refractivity contribution in [3.8, 4) is 11.5 Å². The second kappa shape index (κ2) is 10.6. The molecule has 0 amide bonds. The predicted octanol–water partition coefficient (Wildman–Crippen LogP) is 8.14. The minimum absolute atomic E-state index is 0.0279. The van der Waals surface area contributed by atoms with Gasteiger partial charge in [0.05, 0.1) is 26.8 Å². The minimum atomic E-state index is -0.421. The number of nitrogens with one attached hydrogen (secondary N) is 1. The van der Waals surface area contributed by atoms with E-state index in [0.29, 0.717) is 44.2 Å². The van der Waals surface area contributed by atoms with Crippen LogP contribution >= 0.6 is 50.7 Å². The van der Waals surface area contributed by atoms with E-state index >= 15 is 0 Å². The molecule has 0 atom stereocenters. The molecular formula is C22H18BrCl3FNO2. The van der Waals surface area contributed by atoms with Gasteiger partial charge in [-0.15, -0.1) is 0 Å². The lowest BCUT2D eigenvalue weighted by atomic mass is 10.2. The third kappa shape index (κ3) is 5.73. The number of hydrogen-bond donors (Lipinski definition) is 1. The molecule has 0 unspecified atom stereocenters. The number of rotatable bonds is 8. The molecule has 3 rings (SSSR count). The molecule has 0 aliphatic rings. The van der Waals surface area contributed by atoms with Gasteiger partial charge in [0.2, 0.25) is 0 Å². The SMILES string of the molecule is CCOc1cc(CNc2cc(Cl)ccc2Cl)cc(Br)c1OCc1c(F)cccc1Cl. The summed E-state index contributed by atoms with van der Waals surface area (Å²) in [5.74, 6) is 0.588. The highest BCUT2D eigenvalue weighted by atomic mass is 79.9. The van der Waals surface area contributed by atoms with Gasteiger partial charge in [0.15, 0.2) is 11.5 Å². The summed E-state index contributed by atoms with van der Waals surface area (Å²) >= 11 is 21.9. The first-order chi connectivity index (χ1) is 14.4. The molecule has 3 nitrogen and oxygen atoms in total. The fraction of sp³-hybridized carbons (Fsp3) is 0.182. The van der Waals surface area contributed by atoms with E-state index in [0.717, 1.165) is 11.3 Å². The molecule has 0 radical (unpaired) electrons. The quantitative estimate of drug-likeness (QED) is 0.317. The molecule has 30 heavy (non-hydrogen) atoms. The highest BCUT2D eigenvalue weighted by Crippen LogP contribution is 2.38. The van der Waals surface area contributed by atoms with Gasteiger partial charge < -0.3 is 14.8 Å². The molecule has 0 aliphatic heterocycles. The Morgan fingerprint density at radius 3 is 2.53 bits per heavy atom. The van der Waals surface area contributed by atoms with E-state index in [-0.39, 0.29) is 12.2 Å². The van der Waals surface area contributed by atoms with Crippen LogP contribution < -0.4 is 14.8 Å². The molecule has 0 heterocycles. The molecule has 3 aromatic rings. The monoisotopic (exact) mass is 531 g/mol. The maximum absolute atomic E-state index is 14.1. The minimum Gasteiger partial charge on any atom is -0.490 e. The van der Waals surface area contributed by atoms with Crippen LogP contribution in [0.4, 0.5) is 10.1 Å². The van der Waals surface area contributed by atoms with Crippen molar-refractivity contribution in [2.45, 2.75) is 20.1 Å². The Bertz CT molecular complexity index is 1030. The molecule has 0 aliphatic carbocycles. The lowest BCUT2D eigenvalue weighted by Gasteiger charge is -2.17. The van der Waals surface area contributed by atoms with E-state index < -0.39 is 5.82 Å². The van der Waals surface area contributed by atoms with Crippen molar-refractivity contribution in [1.82, 2.24) is 0 Å². The van der Waals surface area contributed by atoms with Gasteiger partial charge in [0.1, 0.15) is 12.4 Å². The van der Waals surface area contributed by atoms with Crippen molar-refractivity contribution >= 4 is 56.4 Å². The normalized spacial score (nSPS) is 10.7. The largest absolute Gasteiger partial charge is 0.490 e. The molecule has 8 heteroatoms. The maximum Gasteiger partial charge on any atom is 0.175 e. The Hall–Kier alpha value is -1.66. The van der Waals surface area contributed by atoms with Crippen LogP contribution in [0.1, 0.15) is 18.1 Å². The zero-order chi connectivity index (χ0) is 21.7. The fourth-order valence-corrected chi connectivity index (χ4v) is 3.95. The number of hydrogen-bond acceptors (Lipinski definition) is 3. The highest BCUT2D eigenvalue weighted by Gasteiger charge is 2.15. The van der Waals surface area contributed by atoms with E-state index in [1.54, 1.807) is 30.3 Å². The summed E-state index contributed by atoms with van der Waals surface area (Å²) in [6.07, 6.45) is 0. The Morgan fingerprint density at radius 1 is 1.00 bits per heavy atom. The van der Waals surface area contributed by atoms with E-state index in [9.17, 15) is 4.39 Å². The summed E-state index contributed by atoms with van der Waals surface area (Å²) in [5.41, 5.74) is 1.94. The van der Waals surface area contributed by atoms with Gasteiger partial charge in [-0.05, 0) is 70.9 Å². The molecular weight excluding hydrogens is 516 g/mol. The van der Waals surface area contributed by atoms with Crippen molar-refractivity contribution in [3.05, 3.63) is 85.0 Å². The maximum atomic E-state index is 14.1. The first-order valence-corrected chi connectivity index (χ1v) is 11.0. The third-order valence-electron chi connectivity index (χ3n) is 4.20. The summed E-state index contributed by atoms with van der Waals surface area (Å²) in [6, 6.07) is 13.5. The van der Waals surface area contributed by atoms with Crippen molar-refractivity contribution in [1.29, 1.82) is 0 Å². The fourth-order valence-electron chi connectivity index (χ4n) is 2.77. The summed E-state index contributed by atoms with van der Waals surface area (Å²) in [7, 11) is 0. The van der Waals surface area contributed by atoms with Gasteiger partial charge in [-0.25, -0.2) is 4.39 Å². The molecule has 158 valence electrons. The van der Waals surface area contributed by atoms with Gasteiger partial charge >= 0.3 is 0 Å². The molecule has 0 bridgehead atoms. The first-order valence-electron chi connectivity index (χ1n) is 9.09. The van der Waals surface area contributed by atoms with Crippen LogP contribution in [0, 0.1) is 5.82 Å². The Kier molecular flexibility index (Phi) is 8.12. The van der Waals surface area contributed by atoms with Crippen LogP contribution in [0.15, 0.2) is 53.0 Å². The second-order valence-corrected chi connectivity index (χ2v) is 8.41.